The Labute approximate surface area is 110 Å². The van der Waals surface area contributed by atoms with E-state index < -0.39 is 6.04 Å². The standard InChI is InChI=1S/C13H15BrN2O/c1-8(2)12(7-15)16-13(17)11-5-4-10(14)6-9(11)3/h4-6,8,12H,1-3H3,(H,16,17). The number of carbonyl (C=O) groups is 1. The van der Waals surface area contributed by atoms with E-state index in [4.69, 9.17) is 5.26 Å². The molecular weight excluding hydrogens is 280 g/mol. The van der Waals surface area contributed by atoms with Crippen molar-refractivity contribution >= 4 is 21.8 Å². The predicted octanol–water partition coefficient (Wildman–Crippen LogP) is 3.04. The van der Waals surface area contributed by atoms with Crippen LogP contribution in [0, 0.1) is 24.2 Å². The van der Waals surface area contributed by atoms with Gasteiger partial charge in [-0.2, -0.15) is 5.26 Å². The highest BCUT2D eigenvalue weighted by molar-refractivity contribution is 9.10. The number of hydrogen-bond donors (Lipinski definition) is 1. The summed E-state index contributed by atoms with van der Waals surface area (Å²) in [7, 11) is 0. The highest BCUT2D eigenvalue weighted by Crippen LogP contribution is 2.16. The van der Waals surface area contributed by atoms with Gasteiger partial charge in [0.25, 0.3) is 5.91 Å². The number of benzene rings is 1. The van der Waals surface area contributed by atoms with Crippen LogP contribution in [0.2, 0.25) is 0 Å². The molecule has 0 aliphatic heterocycles. The van der Waals surface area contributed by atoms with Gasteiger partial charge in [-0.05, 0) is 36.6 Å². The van der Waals surface area contributed by atoms with Crippen LogP contribution in [-0.4, -0.2) is 11.9 Å². The van der Waals surface area contributed by atoms with Crippen LogP contribution in [0.25, 0.3) is 0 Å². The van der Waals surface area contributed by atoms with E-state index in [1.807, 2.05) is 32.9 Å². The van der Waals surface area contributed by atoms with Crippen LogP contribution in [0.15, 0.2) is 22.7 Å². The Bertz CT molecular complexity index is 463. The Morgan fingerprint density at radius 2 is 2.12 bits per heavy atom. The van der Waals surface area contributed by atoms with Gasteiger partial charge >= 0.3 is 0 Å². The Morgan fingerprint density at radius 3 is 2.59 bits per heavy atom. The van der Waals surface area contributed by atoms with Crippen LogP contribution in [0.5, 0.6) is 0 Å². The van der Waals surface area contributed by atoms with Crippen molar-refractivity contribution < 1.29 is 4.79 Å². The molecule has 1 atom stereocenters. The van der Waals surface area contributed by atoms with Crippen LogP contribution in [0.3, 0.4) is 0 Å². The van der Waals surface area contributed by atoms with Crippen molar-refractivity contribution in [3.05, 3.63) is 33.8 Å². The van der Waals surface area contributed by atoms with Gasteiger partial charge in [0.05, 0.1) is 6.07 Å². The summed E-state index contributed by atoms with van der Waals surface area (Å²) in [6, 6.07) is 7.09. The van der Waals surface area contributed by atoms with Crippen LogP contribution < -0.4 is 5.32 Å². The molecule has 1 N–H and O–H groups in total. The first-order valence-corrected chi connectivity index (χ1v) is 6.21. The number of amides is 1. The SMILES string of the molecule is Cc1cc(Br)ccc1C(=O)NC(C#N)C(C)C. The molecule has 0 spiro atoms. The summed E-state index contributed by atoms with van der Waals surface area (Å²) >= 11 is 3.35. The maximum atomic E-state index is 12.0. The first-order chi connectivity index (χ1) is 7.95. The molecule has 1 aromatic rings. The van der Waals surface area contributed by atoms with Crippen molar-refractivity contribution in [3.8, 4) is 6.07 Å². The van der Waals surface area contributed by atoms with E-state index in [0.717, 1.165) is 10.0 Å². The van der Waals surface area contributed by atoms with E-state index in [-0.39, 0.29) is 11.8 Å². The van der Waals surface area contributed by atoms with Gasteiger partial charge in [-0.15, -0.1) is 0 Å². The largest absolute Gasteiger partial charge is 0.336 e. The number of rotatable bonds is 3. The van der Waals surface area contributed by atoms with Crippen LogP contribution >= 0.6 is 15.9 Å². The minimum Gasteiger partial charge on any atom is -0.336 e. The summed E-state index contributed by atoms with van der Waals surface area (Å²) in [4.78, 5) is 12.0. The van der Waals surface area contributed by atoms with Gasteiger partial charge in [0.1, 0.15) is 6.04 Å². The lowest BCUT2D eigenvalue weighted by Gasteiger charge is -2.15. The smallest absolute Gasteiger partial charge is 0.252 e. The summed E-state index contributed by atoms with van der Waals surface area (Å²) in [6.07, 6.45) is 0. The molecular formula is C13H15BrN2O. The van der Waals surface area contributed by atoms with E-state index >= 15 is 0 Å². The molecule has 4 heteroatoms. The van der Waals surface area contributed by atoms with E-state index in [0.29, 0.717) is 5.56 Å². The van der Waals surface area contributed by atoms with E-state index in [9.17, 15) is 4.79 Å². The fourth-order valence-electron chi connectivity index (χ4n) is 1.45. The van der Waals surface area contributed by atoms with Crippen molar-refractivity contribution in [2.75, 3.05) is 0 Å². The van der Waals surface area contributed by atoms with Crippen molar-refractivity contribution in [3.63, 3.8) is 0 Å². The van der Waals surface area contributed by atoms with Gasteiger partial charge in [-0.25, -0.2) is 0 Å². The van der Waals surface area contributed by atoms with E-state index in [1.54, 1.807) is 6.07 Å². The average molecular weight is 295 g/mol. The highest BCUT2D eigenvalue weighted by atomic mass is 79.9. The summed E-state index contributed by atoms with van der Waals surface area (Å²) in [5.41, 5.74) is 1.49. The quantitative estimate of drug-likeness (QED) is 0.931. The predicted molar refractivity (Wildman–Crippen MR) is 70.6 cm³/mol. The number of nitrogens with one attached hydrogen (secondary N) is 1. The molecule has 1 aromatic carbocycles. The van der Waals surface area contributed by atoms with Crippen LogP contribution in [-0.2, 0) is 0 Å². The molecule has 0 aliphatic carbocycles. The average Bonchev–Trinajstić information content (AvgIpc) is 2.24. The molecule has 17 heavy (non-hydrogen) atoms. The van der Waals surface area contributed by atoms with Crippen molar-refractivity contribution in [1.82, 2.24) is 5.32 Å². The molecule has 0 aliphatic rings. The zero-order valence-electron chi connectivity index (χ0n) is 10.1. The lowest BCUT2D eigenvalue weighted by Crippen LogP contribution is -2.37. The number of carbonyl (C=O) groups excluding carboxylic acids is 1. The zero-order valence-corrected chi connectivity index (χ0v) is 11.7. The third-order valence-corrected chi connectivity index (χ3v) is 3.02. The zero-order chi connectivity index (χ0) is 13.0. The van der Waals surface area contributed by atoms with E-state index in [1.165, 1.54) is 0 Å². The van der Waals surface area contributed by atoms with Gasteiger partial charge in [0.15, 0.2) is 0 Å². The number of hydrogen-bond acceptors (Lipinski definition) is 2. The van der Waals surface area contributed by atoms with E-state index in [2.05, 4.69) is 27.3 Å². The van der Waals surface area contributed by atoms with Crippen LogP contribution in [0.4, 0.5) is 0 Å². The van der Waals surface area contributed by atoms with Gasteiger partial charge in [0, 0.05) is 10.0 Å². The number of nitriles is 1. The Morgan fingerprint density at radius 1 is 1.47 bits per heavy atom. The molecule has 0 heterocycles. The Balaban J connectivity index is 2.87. The Kier molecular flexibility index (Phi) is 4.71. The fraction of sp³-hybridized carbons (Fsp3) is 0.385. The summed E-state index contributed by atoms with van der Waals surface area (Å²) < 4.78 is 0.937. The minimum absolute atomic E-state index is 0.0969. The lowest BCUT2D eigenvalue weighted by atomic mass is 10.0. The van der Waals surface area contributed by atoms with Crippen molar-refractivity contribution in [2.45, 2.75) is 26.8 Å². The molecule has 90 valence electrons. The molecule has 1 unspecified atom stereocenters. The molecule has 1 amide bonds. The van der Waals surface area contributed by atoms with Gasteiger partial charge in [0.2, 0.25) is 0 Å². The van der Waals surface area contributed by atoms with Gasteiger partial charge in [-0.3, -0.25) is 4.79 Å². The number of nitrogens with zero attached hydrogens (tertiary/aromatic N) is 1. The first-order valence-electron chi connectivity index (χ1n) is 5.42. The number of halogens is 1. The monoisotopic (exact) mass is 294 g/mol. The minimum atomic E-state index is -0.453. The lowest BCUT2D eigenvalue weighted by molar-refractivity contribution is 0.0937. The van der Waals surface area contributed by atoms with Crippen molar-refractivity contribution in [1.29, 1.82) is 5.26 Å². The molecule has 1 rings (SSSR count). The summed E-state index contributed by atoms with van der Waals surface area (Å²) in [6.45, 7) is 5.68. The second-order valence-corrected chi connectivity index (χ2v) is 5.20. The van der Waals surface area contributed by atoms with Crippen molar-refractivity contribution in [2.24, 2.45) is 5.92 Å². The molecule has 0 aromatic heterocycles. The summed E-state index contributed by atoms with van der Waals surface area (Å²) in [5.74, 6) is -0.102. The molecule has 0 radical (unpaired) electrons. The fourth-order valence-corrected chi connectivity index (χ4v) is 1.92. The highest BCUT2D eigenvalue weighted by Gasteiger charge is 2.17. The number of aryl methyl sites for hydroxylation is 1. The molecule has 0 bridgehead atoms. The summed E-state index contributed by atoms with van der Waals surface area (Å²) in [5, 5.41) is 11.7. The second kappa shape index (κ2) is 5.83. The molecule has 0 saturated heterocycles. The Hall–Kier alpha value is -1.34. The van der Waals surface area contributed by atoms with Gasteiger partial charge in [-0.1, -0.05) is 29.8 Å². The normalized spacial score (nSPS) is 12.0. The molecule has 0 fully saturated rings. The topological polar surface area (TPSA) is 52.9 Å². The first kappa shape index (κ1) is 13.7. The molecule has 3 nitrogen and oxygen atoms in total. The third-order valence-electron chi connectivity index (χ3n) is 2.53. The van der Waals surface area contributed by atoms with Crippen LogP contribution in [0.1, 0.15) is 29.8 Å². The molecule has 0 saturated carbocycles. The third kappa shape index (κ3) is 3.57. The van der Waals surface area contributed by atoms with Gasteiger partial charge < -0.3 is 5.32 Å². The second-order valence-electron chi connectivity index (χ2n) is 4.28. The maximum Gasteiger partial charge on any atom is 0.252 e. The maximum absolute atomic E-state index is 12.0.